The number of H-pyrrole nitrogens is 1. The van der Waals surface area contributed by atoms with E-state index in [1.54, 1.807) is 6.33 Å². The summed E-state index contributed by atoms with van der Waals surface area (Å²) in [6, 6.07) is 11.1. The van der Waals surface area contributed by atoms with E-state index >= 15 is 0 Å². The average Bonchev–Trinajstić information content (AvgIpc) is 3.15. The van der Waals surface area contributed by atoms with Crippen LogP contribution in [0.4, 0.5) is 0 Å². The molecule has 4 heteroatoms. The molecule has 0 saturated carbocycles. The van der Waals surface area contributed by atoms with Gasteiger partial charge in [-0.15, -0.1) is 0 Å². The molecule has 1 N–H and O–H groups in total. The molecule has 0 amide bonds. The Balaban J connectivity index is 1.73. The van der Waals surface area contributed by atoms with E-state index in [2.05, 4.69) is 57.0 Å². The Labute approximate surface area is 117 Å². The van der Waals surface area contributed by atoms with Crippen molar-refractivity contribution in [3.05, 3.63) is 59.7 Å². The van der Waals surface area contributed by atoms with Gasteiger partial charge < -0.3 is 4.98 Å². The highest BCUT2D eigenvalue weighted by molar-refractivity contribution is 5.58. The third kappa shape index (κ3) is 1.68. The molecule has 2 aromatic heterocycles. The zero-order valence-corrected chi connectivity index (χ0v) is 11.4. The second-order valence-electron chi connectivity index (χ2n) is 5.38. The fourth-order valence-corrected chi connectivity index (χ4v) is 3.11. The number of fused-ring (bicyclic) bond motifs is 1. The zero-order valence-electron chi connectivity index (χ0n) is 11.4. The predicted octanol–water partition coefficient (Wildman–Crippen LogP) is 2.92. The molecule has 4 rings (SSSR count). The van der Waals surface area contributed by atoms with Crippen LogP contribution in [0.15, 0.2) is 42.9 Å². The smallest absolute Gasteiger partial charge is 0.160 e. The van der Waals surface area contributed by atoms with Crippen LogP contribution in [0.3, 0.4) is 0 Å². The van der Waals surface area contributed by atoms with Crippen LogP contribution in [0.1, 0.15) is 22.9 Å². The Kier molecular flexibility index (Phi) is 2.49. The minimum atomic E-state index is 0.374. The van der Waals surface area contributed by atoms with Gasteiger partial charge >= 0.3 is 0 Å². The second kappa shape index (κ2) is 4.34. The number of nitrogens with zero attached hydrogens (tertiary/aromatic N) is 3. The molecular formula is C16H16N4. The minimum Gasteiger partial charge on any atom is -0.365 e. The summed E-state index contributed by atoms with van der Waals surface area (Å²) >= 11 is 0. The van der Waals surface area contributed by atoms with Crippen molar-refractivity contribution in [2.75, 3.05) is 0 Å². The van der Waals surface area contributed by atoms with Crippen molar-refractivity contribution in [1.82, 2.24) is 19.7 Å². The van der Waals surface area contributed by atoms with Crippen LogP contribution in [-0.2, 0) is 12.8 Å². The highest BCUT2D eigenvalue weighted by Crippen LogP contribution is 2.32. The van der Waals surface area contributed by atoms with Crippen LogP contribution in [0, 0.1) is 6.92 Å². The van der Waals surface area contributed by atoms with E-state index in [9.17, 15) is 0 Å². The lowest BCUT2D eigenvalue weighted by atomic mass is 10.1. The van der Waals surface area contributed by atoms with Crippen molar-refractivity contribution >= 4 is 0 Å². The molecule has 2 heterocycles. The van der Waals surface area contributed by atoms with E-state index in [-0.39, 0.29) is 0 Å². The summed E-state index contributed by atoms with van der Waals surface area (Å²) in [5.41, 5.74) is 5.14. The van der Waals surface area contributed by atoms with Crippen LogP contribution in [-0.4, -0.2) is 19.7 Å². The van der Waals surface area contributed by atoms with Gasteiger partial charge in [0.2, 0.25) is 0 Å². The summed E-state index contributed by atoms with van der Waals surface area (Å²) in [6.45, 7) is 2.07. The van der Waals surface area contributed by atoms with Crippen molar-refractivity contribution in [1.29, 1.82) is 0 Å². The number of aromatic nitrogens is 4. The van der Waals surface area contributed by atoms with Gasteiger partial charge in [-0.1, -0.05) is 24.3 Å². The Hall–Kier alpha value is -2.36. The molecule has 100 valence electrons. The quantitative estimate of drug-likeness (QED) is 0.773. The first kappa shape index (κ1) is 11.5. The predicted molar refractivity (Wildman–Crippen MR) is 77.4 cm³/mol. The van der Waals surface area contributed by atoms with Gasteiger partial charge in [0.1, 0.15) is 6.33 Å². The van der Waals surface area contributed by atoms with E-state index < -0.39 is 0 Å². The van der Waals surface area contributed by atoms with Crippen molar-refractivity contribution in [3.63, 3.8) is 0 Å². The third-order valence-electron chi connectivity index (χ3n) is 4.14. The Morgan fingerprint density at radius 3 is 2.55 bits per heavy atom. The SMILES string of the molecule is Cc1[nH]ccc1-c1ncnn1C1Cc2ccccc2C1. The monoisotopic (exact) mass is 264 g/mol. The molecule has 0 spiro atoms. The summed E-state index contributed by atoms with van der Waals surface area (Å²) in [5.74, 6) is 0.960. The molecule has 0 radical (unpaired) electrons. The Bertz CT molecular complexity index is 728. The van der Waals surface area contributed by atoms with Crippen LogP contribution < -0.4 is 0 Å². The summed E-state index contributed by atoms with van der Waals surface area (Å²) in [7, 11) is 0. The molecule has 0 fully saturated rings. The number of hydrogen-bond donors (Lipinski definition) is 1. The summed E-state index contributed by atoms with van der Waals surface area (Å²) in [4.78, 5) is 7.67. The molecule has 20 heavy (non-hydrogen) atoms. The normalized spacial score (nSPS) is 14.7. The van der Waals surface area contributed by atoms with E-state index in [1.807, 2.05) is 6.20 Å². The van der Waals surface area contributed by atoms with Crippen LogP contribution in [0.2, 0.25) is 0 Å². The summed E-state index contributed by atoms with van der Waals surface area (Å²) < 4.78 is 2.08. The maximum atomic E-state index is 4.47. The van der Waals surface area contributed by atoms with Crippen molar-refractivity contribution in [2.24, 2.45) is 0 Å². The molecule has 0 unspecified atom stereocenters. The molecule has 0 bridgehead atoms. The molecule has 4 nitrogen and oxygen atoms in total. The zero-order chi connectivity index (χ0) is 13.5. The molecule has 3 aromatic rings. The van der Waals surface area contributed by atoms with Gasteiger partial charge in [-0.3, -0.25) is 0 Å². The minimum absolute atomic E-state index is 0.374. The molecule has 1 aliphatic rings. The Morgan fingerprint density at radius 1 is 1.15 bits per heavy atom. The van der Waals surface area contributed by atoms with E-state index in [0.29, 0.717) is 6.04 Å². The highest BCUT2D eigenvalue weighted by Gasteiger charge is 2.25. The topological polar surface area (TPSA) is 46.5 Å². The first-order valence-corrected chi connectivity index (χ1v) is 6.93. The molecule has 0 atom stereocenters. The lowest BCUT2D eigenvalue weighted by Gasteiger charge is -2.12. The van der Waals surface area contributed by atoms with Gasteiger partial charge in [-0.25, -0.2) is 9.67 Å². The van der Waals surface area contributed by atoms with Crippen LogP contribution >= 0.6 is 0 Å². The lowest BCUT2D eigenvalue weighted by Crippen LogP contribution is -2.12. The maximum absolute atomic E-state index is 4.47. The maximum Gasteiger partial charge on any atom is 0.160 e. The number of hydrogen-bond acceptors (Lipinski definition) is 2. The average molecular weight is 264 g/mol. The van der Waals surface area contributed by atoms with Crippen LogP contribution in [0.5, 0.6) is 0 Å². The van der Waals surface area contributed by atoms with Crippen molar-refractivity contribution in [2.45, 2.75) is 25.8 Å². The largest absolute Gasteiger partial charge is 0.365 e. The molecule has 1 aliphatic carbocycles. The van der Waals surface area contributed by atoms with Crippen molar-refractivity contribution in [3.8, 4) is 11.4 Å². The van der Waals surface area contributed by atoms with E-state index in [4.69, 9.17) is 0 Å². The van der Waals surface area contributed by atoms with Gasteiger partial charge in [0, 0.05) is 17.5 Å². The van der Waals surface area contributed by atoms with E-state index in [1.165, 1.54) is 11.1 Å². The number of benzene rings is 1. The fraction of sp³-hybridized carbons (Fsp3) is 0.250. The lowest BCUT2D eigenvalue weighted by molar-refractivity contribution is 0.479. The van der Waals surface area contributed by atoms with Crippen molar-refractivity contribution < 1.29 is 0 Å². The highest BCUT2D eigenvalue weighted by atomic mass is 15.4. The molecule has 0 aliphatic heterocycles. The standard InChI is InChI=1S/C16H16N4/c1-11-15(6-7-17-11)16-18-10-19-20(16)14-8-12-4-2-3-5-13(12)9-14/h2-7,10,14,17H,8-9H2,1H3. The fourth-order valence-electron chi connectivity index (χ4n) is 3.11. The molecule has 1 aromatic carbocycles. The third-order valence-corrected chi connectivity index (χ3v) is 4.14. The number of nitrogens with one attached hydrogen (secondary N) is 1. The Morgan fingerprint density at radius 2 is 1.90 bits per heavy atom. The first-order valence-electron chi connectivity index (χ1n) is 6.93. The first-order chi connectivity index (χ1) is 9.83. The summed E-state index contributed by atoms with van der Waals surface area (Å²) in [5, 5.41) is 4.47. The van der Waals surface area contributed by atoms with Gasteiger partial charge in [0.05, 0.1) is 6.04 Å². The summed E-state index contributed by atoms with van der Waals surface area (Å²) in [6.07, 6.45) is 5.68. The number of aryl methyl sites for hydroxylation is 1. The van der Waals surface area contributed by atoms with Gasteiger partial charge in [0.15, 0.2) is 5.82 Å². The van der Waals surface area contributed by atoms with Gasteiger partial charge in [-0.05, 0) is 37.0 Å². The molecule has 0 saturated heterocycles. The second-order valence-corrected chi connectivity index (χ2v) is 5.38. The number of rotatable bonds is 2. The van der Waals surface area contributed by atoms with Gasteiger partial charge in [-0.2, -0.15) is 5.10 Å². The molecular weight excluding hydrogens is 248 g/mol. The van der Waals surface area contributed by atoms with Crippen LogP contribution in [0.25, 0.3) is 11.4 Å². The van der Waals surface area contributed by atoms with E-state index in [0.717, 1.165) is 29.9 Å². The number of aromatic amines is 1. The van der Waals surface area contributed by atoms with Gasteiger partial charge in [0.25, 0.3) is 0 Å².